The van der Waals surface area contributed by atoms with Crippen molar-refractivity contribution in [2.24, 2.45) is 0 Å². The van der Waals surface area contributed by atoms with Crippen molar-refractivity contribution in [1.82, 2.24) is 0 Å². The summed E-state index contributed by atoms with van der Waals surface area (Å²) in [6.07, 6.45) is 0. The van der Waals surface area contributed by atoms with Crippen LogP contribution in [0.4, 0.5) is 4.39 Å². The molecule has 0 N–H and O–H groups in total. The van der Waals surface area contributed by atoms with E-state index in [-0.39, 0.29) is 16.5 Å². The van der Waals surface area contributed by atoms with Gasteiger partial charge >= 0.3 is 0 Å². The smallest absolute Gasteiger partial charge is 0.184 e. The van der Waals surface area contributed by atoms with Gasteiger partial charge in [-0.2, -0.15) is 5.26 Å². The summed E-state index contributed by atoms with van der Waals surface area (Å²) in [6, 6.07) is 11.3. The molecule has 0 aliphatic carbocycles. The zero-order valence-corrected chi connectivity index (χ0v) is 11.3. The Labute approximate surface area is 117 Å². The first-order valence-corrected chi connectivity index (χ1v) is 6.10. The molecule has 90 valence electrons. The van der Waals surface area contributed by atoms with Gasteiger partial charge in [-0.1, -0.05) is 33.6 Å². The predicted molar refractivity (Wildman–Crippen MR) is 70.3 cm³/mol. The molecule has 0 aromatic heterocycles. The quantitative estimate of drug-likeness (QED) is 0.786. The minimum Gasteiger partial charge on any atom is -0.453 e. The second-order valence-electron chi connectivity index (χ2n) is 3.41. The topological polar surface area (TPSA) is 33.0 Å². The summed E-state index contributed by atoms with van der Waals surface area (Å²) in [5, 5.41) is 8.95. The molecule has 2 nitrogen and oxygen atoms in total. The molecule has 0 amide bonds. The Morgan fingerprint density at radius 1 is 1.22 bits per heavy atom. The van der Waals surface area contributed by atoms with Crippen LogP contribution < -0.4 is 4.74 Å². The molecule has 0 aliphatic rings. The van der Waals surface area contributed by atoms with Gasteiger partial charge in [0.2, 0.25) is 0 Å². The molecule has 2 rings (SSSR count). The van der Waals surface area contributed by atoms with Crippen LogP contribution in [0.15, 0.2) is 40.9 Å². The molecule has 0 spiro atoms. The maximum Gasteiger partial charge on any atom is 0.184 e. The summed E-state index contributed by atoms with van der Waals surface area (Å²) in [4.78, 5) is 0. The molecule has 0 atom stereocenters. The Bertz CT molecular complexity index is 639. The molecule has 2 aromatic carbocycles. The molecule has 0 heterocycles. The number of ether oxygens (including phenoxy) is 1. The lowest BCUT2D eigenvalue weighted by atomic mass is 10.2. The monoisotopic (exact) mass is 325 g/mol. The molecule has 18 heavy (non-hydrogen) atoms. The van der Waals surface area contributed by atoms with Crippen LogP contribution in [0.3, 0.4) is 0 Å². The highest BCUT2D eigenvalue weighted by Crippen LogP contribution is 2.31. The highest BCUT2D eigenvalue weighted by Gasteiger charge is 2.11. The van der Waals surface area contributed by atoms with Crippen molar-refractivity contribution < 1.29 is 9.13 Å². The maximum absolute atomic E-state index is 13.7. The van der Waals surface area contributed by atoms with E-state index in [4.69, 9.17) is 21.6 Å². The second kappa shape index (κ2) is 5.38. The van der Waals surface area contributed by atoms with E-state index < -0.39 is 5.82 Å². The van der Waals surface area contributed by atoms with E-state index in [2.05, 4.69) is 15.9 Å². The lowest BCUT2D eigenvalue weighted by Gasteiger charge is -2.09. The number of hydrogen-bond acceptors (Lipinski definition) is 2. The van der Waals surface area contributed by atoms with Crippen LogP contribution in [0, 0.1) is 17.1 Å². The van der Waals surface area contributed by atoms with Gasteiger partial charge in [0.25, 0.3) is 0 Å². The van der Waals surface area contributed by atoms with Crippen LogP contribution in [0.1, 0.15) is 5.56 Å². The first-order valence-electron chi connectivity index (χ1n) is 4.93. The largest absolute Gasteiger partial charge is 0.453 e. The van der Waals surface area contributed by atoms with Crippen LogP contribution in [0.25, 0.3) is 0 Å². The SMILES string of the molecule is N#Cc1cc(Br)ccc1Oc1cccc(Cl)c1F. The number of benzene rings is 2. The van der Waals surface area contributed by atoms with Crippen molar-refractivity contribution in [3.63, 3.8) is 0 Å². The Kier molecular flexibility index (Phi) is 3.85. The van der Waals surface area contributed by atoms with Crippen LogP contribution >= 0.6 is 27.5 Å². The van der Waals surface area contributed by atoms with Gasteiger partial charge in [-0.15, -0.1) is 0 Å². The van der Waals surface area contributed by atoms with Crippen LogP contribution in [-0.4, -0.2) is 0 Å². The molecule has 5 heteroatoms. The Morgan fingerprint density at radius 2 is 2.00 bits per heavy atom. The van der Waals surface area contributed by atoms with E-state index in [0.717, 1.165) is 4.47 Å². The molecule has 0 unspecified atom stereocenters. The van der Waals surface area contributed by atoms with E-state index in [9.17, 15) is 4.39 Å². The molecule has 0 aliphatic heterocycles. The van der Waals surface area contributed by atoms with Gasteiger partial charge < -0.3 is 4.74 Å². The third-order valence-electron chi connectivity index (χ3n) is 2.20. The number of halogens is 3. The van der Waals surface area contributed by atoms with Gasteiger partial charge in [-0.05, 0) is 30.3 Å². The fourth-order valence-corrected chi connectivity index (χ4v) is 1.89. The molecule has 0 fully saturated rings. The minimum absolute atomic E-state index is 0.0127. The summed E-state index contributed by atoms with van der Waals surface area (Å²) in [5.41, 5.74) is 0.309. The van der Waals surface area contributed by atoms with Crippen molar-refractivity contribution in [2.45, 2.75) is 0 Å². The predicted octanol–water partition coefficient (Wildman–Crippen LogP) is 4.91. The second-order valence-corrected chi connectivity index (χ2v) is 4.73. The Balaban J connectivity index is 2.41. The van der Waals surface area contributed by atoms with Gasteiger partial charge in [0.1, 0.15) is 11.8 Å². The molecule has 0 saturated carbocycles. The Morgan fingerprint density at radius 3 is 2.72 bits per heavy atom. The fraction of sp³-hybridized carbons (Fsp3) is 0. The maximum atomic E-state index is 13.7. The Hall–Kier alpha value is -1.57. The van der Waals surface area contributed by atoms with Gasteiger partial charge in [0.15, 0.2) is 11.6 Å². The highest BCUT2D eigenvalue weighted by atomic mass is 79.9. The van der Waals surface area contributed by atoms with E-state index in [1.807, 2.05) is 6.07 Å². The van der Waals surface area contributed by atoms with Crippen molar-refractivity contribution in [3.05, 3.63) is 57.3 Å². The van der Waals surface area contributed by atoms with Crippen molar-refractivity contribution in [2.75, 3.05) is 0 Å². The number of hydrogen-bond donors (Lipinski definition) is 0. The number of rotatable bonds is 2. The van der Waals surface area contributed by atoms with Gasteiger partial charge in [0, 0.05) is 4.47 Å². The highest BCUT2D eigenvalue weighted by molar-refractivity contribution is 9.10. The van der Waals surface area contributed by atoms with Gasteiger partial charge in [-0.3, -0.25) is 0 Å². The minimum atomic E-state index is -0.647. The summed E-state index contributed by atoms with van der Waals surface area (Å²) in [7, 11) is 0. The molecule has 0 saturated heterocycles. The van der Waals surface area contributed by atoms with Crippen LogP contribution in [0.5, 0.6) is 11.5 Å². The number of nitriles is 1. The third-order valence-corrected chi connectivity index (χ3v) is 2.98. The normalized spacial score (nSPS) is 9.89. The zero-order chi connectivity index (χ0) is 13.1. The average Bonchev–Trinajstić information content (AvgIpc) is 2.37. The summed E-state index contributed by atoms with van der Waals surface area (Å²) in [6.45, 7) is 0. The van der Waals surface area contributed by atoms with Gasteiger partial charge in [0.05, 0.1) is 10.6 Å². The molecule has 0 bridgehead atoms. The standard InChI is InChI=1S/C13H6BrClFNO/c14-9-4-5-11(8(6-9)7-17)18-12-3-1-2-10(15)13(12)16/h1-6H. The first-order chi connectivity index (χ1) is 8.61. The fourth-order valence-electron chi connectivity index (χ4n) is 1.36. The molecular formula is C13H6BrClFNO. The first kappa shape index (κ1) is 12.9. The average molecular weight is 327 g/mol. The van der Waals surface area contributed by atoms with E-state index >= 15 is 0 Å². The van der Waals surface area contributed by atoms with Crippen molar-refractivity contribution in [1.29, 1.82) is 5.26 Å². The molecule has 0 radical (unpaired) electrons. The molecular weight excluding hydrogens is 321 g/mol. The third kappa shape index (κ3) is 2.63. The van der Waals surface area contributed by atoms with E-state index in [0.29, 0.717) is 5.56 Å². The van der Waals surface area contributed by atoms with Crippen LogP contribution in [-0.2, 0) is 0 Å². The van der Waals surface area contributed by atoms with Gasteiger partial charge in [-0.25, -0.2) is 4.39 Å². The summed E-state index contributed by atoms with van der Waals surface area (Å²) in [5.74, 6) is -0.380. The lowest BCUT2D eigenvalue weighted by Crippen LogP contribution is -1.91. The van der Waals surface area contributed by atoms with Crippen molar-refractivity contribution >= 4 is 27.5 Å². The number of nitrogens with zero attached hydrogens (tertiary/aromatic N) is 1. The summed E-state index contributed by atoms with van der Waals surface area (Å²) >= 11 is 8.90. The van der Waals surface area contributed by atoms with Crippen LogP contribution in [0.2, 0.25) is 5.02 Å². The van der Waals surface area contributed by atoms with Crippen molar-refractivity contribution in [3.8, 4) is 17.6 Å². The summed E-state index contributed by atoms with van der Waals surface area (Å²) < 4.78 is 19.8. The lowest BCUT2D eigenvalue weighted by molar-refractivity contribution is 0.441. The van der Waals surface area contributed by atoms with E-state index in [1.165, 1.54) is 12.1 Å². The molecule has 2 aromatic rings. The van der Waals surface area contributed by atoms with E-state index in [1.54, 1.807) is 24.3 Å². The zero-order valence-electron chi connectivity index (χ0n) is 8.95.